The Morgan fingerprint density at radius 1 is 1.24 bits per heavy atom. The van der Waals surface area contributed by atoms with Gasteiger partial charge in [-0.3, -0.25) is 0 Å². The van der Waals surface area contributed by atoms with Gasteiger partial charge in [-0.1, -0.05) is 0 Å². The molecule has 0 bridgehead atoms. The summed E-state index contributed by atoms with van der Waals surface area (Å²) in [5.74, 6) is 1.59. The first-order valence-electron chi connectivity index (χ1n) is 8.62. The predicted octanol–water partition coefficient (Wildman–Crippen LogP) is 1.74. The summed E-state index contributed by atoms with van der Waals surface area (Å²) in [4.78, 5) is 11.6. The zero-order valence-electron chi connectivity index (χ0n) is 14.1. The van der Waals surface area contributed by atoms with Gasteiger partial charge >= 0.3 is 0 Å². The molecule has 25 heavy (non-hydrogen) atoms. The highest BCUT2D eigenvalue weighted by molar-refractivity contribution is 5.80. The van der Waals surface area contributed by atoms with Gasteiger partial charge in [0, 0.05) is 43.1 Å². The molecule has 1 spiro atoms. The Kier molecular flexibility index (Phi) is 3.18. The smallest absolute Gasteiger partial charge is 0.221 e. The highest BCUT2D eigenvalue weighted by Gasteiger charge is 2.45. The van der Waals surface area contributed by atoms with Crippen molar-refractivity contribution in [3.05, 3.63) is 36.8 Å². The molecule has 0 radical (unpaired) electrons. The van der Waals surface area contributed by atoms with E-state index in [-0.39, 0.29) is 0 Å². The topological polar surface area (TPSA) is 67.6 Å². The third-order valence-corrected chi connectivity index (χ3v) is 5.16. The number of hydrogen-bond acceptors (Lipinski definition) is 6. The molecule has 1 saturated carbocycles. The molecule has 2 fully saturated rings. The van der Waals surface area contributed by atoms with E-state index >= 15 is 0 Å². The van der Waals surface area contributed by atoms with Crippen LogP contribution >= 0.6 is 0 Å². The number of piperazine rings is 1. The molecular weight excluding hydrogens is 316 g/mol. The Balaban J connectivity index is 1.57. The van der Waals surface area contributed by atoms with Gasteiger partial charge in [0.1, 0.15) is 5.82 Å². The second-order valence-electron chi connectivity index (χ2n) is 6.80. The van der Waals surface area contributed by atoms with Crippen molar-refractivity contribution in [2.24, 2.45) is 0 Å². The van der Waals surface area contributed by atoms with Gasteiger partial charge in [-0.25, -0.2) is 14.5 Å². The van der Waals surface area contributed by atoms with E-state index in [0.717, 1.165) is 42.2 Å². The van der Waals surface area contributed by atoms with Gasteiger partial charge in [-0.05, 0) is 31.0 Å². The molecule has 0 aromatic carbocycles. The molecule has 1 aliphatic heterocycles. The number of rotatable bonds is 3. The first kappa shape index (κ1) is 14.7. The summed E-state index contributed by atoms with van der Waals surface area (Å²) < 4.78 is 7.21. The highest BCUT2D eigenvalue weighted by atomic mass is 16.5. The minimum absolute atomic E-state index is 0.321. The lowest BCUT2D eigenvalue weighted by Crippen LogP contribution is -2.52. The average molecular weight is 336 g/mol. The summed E-state index contributed by atoms with van der Waals surface area (Å²) in [5, 5.41) is 8.08. The molecule has 0 unspecified atom stereocenters. The van der Waals surface area contributed by atoms with Crippen LogP contribution in [0.4, 0.5) is 5.82 Å². The van der Waals surface area contributed by atoms with Crippen LogP contribution in [-0.2, 0) is 0 Å². The number of nitrogens with zero attached hydrogens (tertiary/aromatic N) is 5. The van der Waals surface area contributed by atoms with Crippen molar-refractivity contribution < 1.29 is 4.74 Å². The normalized spacial score (nSPS) is 18.7. The van der Waals surface area contributed by atoms with Crippen molar-refractivity contribution in [3.8, 4) is 17.0 Å². The Labute approximate surface area is 145 Å². The molecule has 128 valence electrons. The molecule has 1 saturated heterocycles. The Morgan fingerprint density at radius 2 is 2.16 bits per heavy atom. The van der Waals surface area contributed by atoms with Gasteiger partial charge in [0.15, 0.2) is 5.65 Å². The predicted molar refractivity (Wildman–Crippen MR) is 95.0 cm³/mol. The van der Waals surface area contributed by atoms with E-state index in [1.807, 2.05) is 30.6 Å². The molecular formula is C18H20N6O. The largest absolute Gasteiger partial charge is 0.481 e. The first-order chi connectivity index (χ1) is 12.3. The van der Waals surface area contributed by atoms with E-state index in [1.54, 1.807) is 17.8 Å². The summed E-state index contributed by atoms with van der Waals surface area (Å²) in [6, 6.07) is 5.94. The number of pyridine rings is 1. The van der Waals surface area contributed by atoms with Crippen LogP contribution in [-0.4, -0.2) is 51.9 Å². The SMILES string of the molecule is COc1ncccc1-c1cnn2ccc(N3CCNC4(CC4)C3)nc12. The molecule has 7 heteroatoms. The van der Waals surface area contributed by atoms with Gasteiger partial charge in [0.05, 0.1) is 18.9 Å². The summed E-state index contributed by atoms with van der Waals surface area (Å²) >= 11 is 0. The van der Waals surface area contributed by atoms with Gasteiger partial charge in [0.25, 0.3) is 0 Å². The molecule has 3 aromatic heterocycles. The van der Waals surface area contributed by atoms with Crippen molar-refractivity contribution in [1.29, 1.82) is 0 Å². The van der Waals surface area contributed by atoms with Gasteiger partial charge in [-0.15, -0.1) is 0 Å². The maximum absolute atomic E-state index is 5.41. The van der Waals surface area contributed by atoms with Crippen LogP contribution in [0.15, 0.2) is 36.8 Å². The second-order valence-corrected chi connectivity index (χ2v) is 6.80. The molecule has 1 aliphatic carbocycles. The molecule has 0 atom stereocenters. The van der Waals surface area contributed by atoms with Crippen molar-refractivity contribution in [1.82, 2.24) is 24.9 Å². The Hall–Kier alpha value is -2.67. The van der Waals surface area contributed by atoms with E-state index < -0.39 is 0 Å². The maximum atomic E-state index is 5.41. The van der Waals surface area contributed by atoms with Crippen molar-refractivity contribution in [2.75, 3.05) is 31.6 Å². The molecule has 7 nitrogen and oxygen atoms in total. The summed E-state index contributed by atoms with van der Waals surface area (Å²) in [5.41, 5.74) is 2.99. The monoisotopic (exact) mass is 336 g/mol. The summed E-state index contributed by atoms with van der Waals surface area (Å²) in [6.45, 7) is 3.01. The van der Waals surface area contributed by atoms with Crippen LogP contribution < -0.4 is 15.0 Å². The fourth-order valence-corrected chi connectivity index (χ4v) is 3.62. The standard InChI is InChI=1S/C18H20N6O/c1-25-17-13(3-2-7-19-17)14-11-21-24-9-4-15(22-16(14)24)23-10-8-20-18(12-23)5-6-18/h2-4,7,9,11,20H,5-6,8,10,12H2,1H3. The van der Waals surface area contributed by atoms with E-state index in [4.69, 9.17) is 9.72 Å². The number of methoxy groups -OCH3 is 1. The fraction of sp³-hybridized carbons (Fsp3) is 0.389. The molecule has 0 amide bonds. The second kappa shape index (κ2) is 5.42. The minimum Gasteiger partial charge on any atom is -0.481 e. The van der Waals surface area contributed by atoms with E-state index in [0.29, 0.717) is 11.4 Å². The number of nitrogens with one attached hydrogen (secondary N) is 1. The molecule has 5 rings (SSSR count). The Bertz CT molecular complexity index is 932. The lowest BCUT2D eigenvalue weighted by molar-refractivity contribution is 0.400. The molecule has 2 aliphatic rings. The van der Waals surface area contributed by atoms with Crippen LogP contribution in [0.25, 0.3) is 16.8 Å². The minimum atomic E-state index is 0.321. The van der Waals surface area contributed by atoms with Crippen molar-refractivity contribution >= 4 is 11.5 Å². The van der Waals surface area contributed by atoms with Crippen LogP contribution in [0.5, 0.6) is 5.88 Å². The maximum Gasteiger partial charge on any atom is 0.221 e. The quantitative estimate of drug-likeness (QED) is 0.786. The zero-order chi connectivity index (χ0) is 16.9. The first-order valence-corrected chi connectivity index (χ1v) is 8.62. The van der Waals surface area contributed by atoms with Crippen molar-refractivity contribution in [2.45, 2.75) is 18.4 Å². The van der Waals surface area contributed by atoms with Crippen LogP contribution in [0, 0.1) is 0 Å². The zero-order valence-corrected chi connectivity index (χ0v) is 14.1. The van der Waals surface area contributed by atoms with E-state index in [2.05, 4.69) is 20.3 Å². The number of fused-ring (bicyclic) bond motifs is 1. The van der Waals surface area contributed by atoms with E-state index in [1.165, 1.54) is 12.8 Å². The number of ether oxygens (including phenoxy) is 1. The summed E-state index contributed by atoms with van der Waals surface area (Å²) in [6.07, 6.45) is 8.05. The molecule has 4 heterocycles. The lowest BCUT2D eigenvalue weighted by atomic mass is 10.1. The number of aromatic nitrogens is 4. The van der Waals surface area contributed by atoms with Gasteiger partial charge < -0.3 is 15.0 Å². The third-order valence-electron chi connectivity index (χ3n) is 5.16. The average Bonchev–Trinajstić information content (AvgIpc) is 3.27. The van der Waals surface area contributed by atoms with Gasteiger partial charge in [0.2, 0.25) is 5.88 Å². The Morgan fingerprint density at radius 3 is 3.00 bits per heavy atom. The van der Waals surface area contributed by atoms with Crippen LogP contribution in [0.1, 0.15) is 12.8 Å². The van der Waals surface area contributed by atoms with Crippen molar-refractivity contribution in [3.63, 3.8) is 0 Å². The summed E-state index contributed by atoms with van der Waals surface area (Å²) in [7, 11) is 1.63. The van der Waals surface area contributed by atoms with Crippen LogP contribution in [0.2, 0.25) is 0 Å². The van der Waals surface area contributed by atoms with E-state index in [9.17, 15) is 0 Å². The highest BCUT2D eigenvalue weighted by Crippen LogP contribution is 2.38. The fourth-order valence-electron chi connectivity index (χ4n) is 3.62. The number of hydrogen-bond donors (Lipinski definition) is 1. The van der Waals surface area contributed by atoms with Crippen LogP contribution in [0.3, 0.4) is 0 Å². The molecule has 3 aromatic rings. The third kappa shape index (κ3) is 2.42. The molecule has 1 N–H and O–H groups in total. The van der Waals surface area contributed by atoms with Gasteiger partial charge in [-0.2, -0.15) is 5.10 Å². The number of anilines is 1. The lowest BCUT2D eigenvalue weighted by Gasteiger charge is -2.34.